The van der Waals surface area contributed by atoms with Crippen molar-refractivity contribution >= 4 is 22.8 Å². The predicted octanol–water partition coefficient (Wildman–Crippen LogP) is 3.31. The van der Waals surface area contributed by atoms with Gasteiger partial charge in [0.15, 0.2) is 0 Å². The summed E-state index contributed by atoms with van der Waals surface area (Å²) in [6, 6.07) is 11.5. The number of piperidine rings is 1. The lowest BCUT2D eigenvalue weighted by Crippen LogP contribution is -2.48. The maximum Gasteiger partial charge on any atom is 0.224 e. The third-order valence-corrected chi connectivity index (χ3v) is 6.67. The molecule has 1 spiro atoms. The highest BCUT2D eigenvalue weighted by Gasteiger charge is 2.55. The lowest BCUT2D eigenvalue weighted by molar-refractivity contribution is -0.128. The van der Waals surface area contributed by atoms with Gasteiger partial charge < -0.3 is 15.2 Å². The van der Waals surface area contributed by atoms with Gasteiger partial charge in [-0.05, 0) is 55.4 Å². The molecule has 3 aromatic rings. The summed E-state index contributed by atoms with van der Waals surface area (Å²) in [4.78, 5) is 27.5. The third kappa shape index (κ3) is 3.18. The molecule has 2 aromatic heterocycles. The lowest BCUT2D eigenvalue weighted by atomic mass is 9.81. The van der Waals surface area contributed by atoms with Crippen LogP contribution in [0.5, 0.6) is 0 Å². The number of benzene rings is 1. The van der Waals surface area contributed by atoms with Gasteiger partial charge in [0.25, 0.3) is 0 Å². The Labute approximate surface area is 175 Å². The van der Waals surface area contributed by atoms with Gasteiger partial charge in [0.2, 0.25) is 5.91 Å². The maximum atomic E-state index is 13.2. The van der Waals surface area contributed by atoms with Crippen LogP contribution < -0.4 is 10.2 Å². The summed E-state index contributed by atoms with van der Waals surface area (Å²) >= 11 is 0. The second-order valence-corrected chi connectivity index (χ2v) is 8.53. The van der Waals surface area contributed by atoms with Crippen molar-refractivity contribution in [2.75, 3.05) is 18.0 Å². The Bertz CT molecular complexity index is 1120. The number of nitriles is 1. The summed E-state index contributed by atoms with van der Waals surface area (Å²) in [6.07, 6.45) is 6.47. The van der Waals surface area contributed by atoms with Gasteiger partial charge in [0.05, 0.1) is 23.1 Å². The van der Waals surface area contributed by atoms with Crippen molar-refractivity contribution in [3.63, 3.8) is 0 Å². The lowest BCUT2D eigenvalue weighted by Gasteiger charge is -2.39. The topological polar surface area (TPSA) is 97.7 Å². The average molecular weight is 400 g/mol. The van der Waals surface area contributed by atoms with Gasteiger partial charge in [-0.1, -0.05) is 12.1 Å². The second-order valence-electron chi connectivity index (χ2n) is 8.53. The number of nitrogens with zero attached hydrogens (tertiary/aromatic N) is 4. The molecule has 7 heteroatoms. The third-order valence-electron chi connectivity index (χ3n) is 6.67. The van der Waals surface area contributed by atoms with E-state index in [2.05, 4.69) is 31.2 Å². The Hall–Kier alpha value is -3.40. The van der Waals surface area contributed by atoms with Crippen LogP contribution in [0.3, 0.4) is 0 Å². The van der Waals surface area contributed by atoms with Crippen molar-refractivity contribution in [1.82, 2.24) is 20.3 Å². The van der Waals surface area contributed by atoms with E-state index in [0.717, 1.165) is 54.8 Å². The number of rotatable bonds is 4. The largest absolute Gasteiger partial charge is 0.355 e. The Balaban J connectivity index is 1.29. The molecular weight excluding hydrogens is 376 g/mol. The fourth-order valence-electron chi connectivity index (χ4n) is 4.77. The summed E-state index contributed by atoms with van der Waals surface area (Å²) in [5.41, 5.74) is 2.53. The molecule has 1 amide bonds. The first-order valence-corrected chi connectivity index (χ1v) is 10.4. The van der Waals surface area contributed by atoms with Crippen LogP contribution in [0.15, 0.2) is 42.9 Å². The van der Waals surface area contributed by atoms with E-state index in [1.165, 1.54) is 0 Å². The highest BCUT2D eigenvalue weighted by atomic mass is 16.2. The number of fused-ring (bicyclic) bond motifs is 1. The standard InChI is InChI=1S/C23H24N6O/c1-15(17-4-2-16(12-24)3-5-17)28-22(30)19-7-11-29(13-23(19)8-9-23)21-18-6-10-25-20(18)26-14-27-21/h2-6,10,14-15,19H,7-9,11,13H2,1H3,(H,28,30)(H,25,26,27)/t15?,19-/m1/s1. The second kappa shape index (κ2) is 7.13. The molecule has 2 atom stereocenters. The number of H-pyrrole nitrogens is 1. The first kappa shape index (κ1) is 18.6. The predicted molar refractivity (Wildman–Crippen MR) is 114 cm³/mol. The Morgan fingerprint density at radius 1 is 1.30 bits per heavy atom. The molecule has 0 bridgehead atoms. The van der Waals surface area contributed by atoms with E-state index >= 15 is 0 Å². The zero-order valence-corrected chi connectivity index (χ0v) is 16.9. The van der Waals surface area contributed by atoms with Crippen LogP contribution in [0.2, 0.25) is 0 Å². The molecular formula is C23H24N6O. The van der Waals surface area contributed by atoms with Crippen LogP contribution in [0, 0.1) is 22.7 Å². The van der Waals surface area contributed by atoms with E-state index in [0.29, 0.717) is 5.56 Å². The number of carbonyl (C=O) groups is 1. The molecule has 152 valence electrons. The zero-order valence-electron chi connectivity index (χ0n) is 16.9. The quantitative estimate of drug-likeness (QED) is 0.700. The summed E-state index contributed by atoms with van der Waals surface area (Å²) < 4.78 is 0. The average Bonchev–Trinajstić information content (AvgIpc) is 3.34. The minimum absolute atomic E-state index is 0.0261. The number of hydrogen-bond acceptors (Lipinski definition) is 5. The highest BCUT2D eigenvalue weighted by molar-refractivity contribution is 5.88. The molecule has 2 aliphatic rings. The van der Waals surface area contributed by atoms with E-state index in [-0.39, 0.29) is 23.3 Å². The van der Waals surface area contributed by atoms with Gasteiger partial charge in [-0.25, -0.2) is 9.97 Å². The first-order chi connectivity index (χ1) is 14.6. The van der Waals surface area contributed by atoms with E-state index < -0.39 is 0 Å². The van der Waals surface area contributed by atoms with Crippen LogP contribution in [0.1, 0.15) is 43.4 Å². The molecule has 1 saturated heterocycles. The maximum absolute atomic E-state index is 13.2. The molecule has 7 nitrogen and oxygen atoms in total. The molecule has 5 rings (SSSR count). The molecule has 30 heavy (non-hydrogen) atoms. The minimum Gasteiger partial charge on any atom is -0.355 e. The number of amides is 1. The highest BCUT2D eigenvalue weighted by Crippen LogP contribution is 2.56. The van der Waals surface area contributed by atoms with E-state index in [4.69, 9.17) is 5.26 Å². The van der Waals surface area contributed by atoms with Crippen LogP contribution in [-0.2, 0) is 4.79 Å². The summed E-state index contributed by atoms with van der Waals surface area (Å²) in [5, 5.41) is 13.2. The number of carbonyl (C=O) groups excluding carboxylic acids is 1. The number of hydrogen-bond donors (Lipinski definition) is 2. The number of aromatic amines is 1. The molecule has 2 fully saturated rings. The SMILES string of the molecule is CC(NC(=O)[C@H]1CCN(c2ncnc3[nH]ccc23)CC12CC2)c1ccc(C#N)cc1. The molecule has 1 unspecified atom stereocenters. The van der Waals surface area contributed by atoms with Crippen LogP contribution in [0.25, 0.3) is 11.0 Å². The molecule has 1 saturated carbocycles. The van der Waals surface area contributed by atoms with Crippen molar-refractivity contribution in [1.29, 1.82) is 5.26 Å². The fourth-order valence-corrected chi connectivity index (χ4v) is 4.77. The Morgan fingerprint density at radius 3 is 2.83 bits per heavy atom. The molecule has 0 radical (unpaired) electrons. The molecule has 3 heterocycles. The van der Waals surface area contributed by atoms with Gasteiger partial charge in [-0.2, -0.15) is 5.26 Å². The molecule has 1 aliphatic heterocycles. The van der Waals surface area contributed by atoms with Gasteiger partial charge in [0.1, 0.15) is 17.8 Å². The fraction of sp³-hybridized carbons (Fsp3) is 0.391. The smallest absolute Gasteiger partial charge is 0.224 e. The van der Waals surface area contributed by atoms with Crippen LogP contribution >= 0.6 is 0 Å². The van der Waals surface area contributed by atoms with E-state index in [1.807, 2.05) is 31.3 Å². The van der Waals surface area contributed by atoms with Crippen molar-refractivity contribution in [2.45, 2.75) is 32.2 Å². The van der Waals surface area contributed by atoms with Gasteiger partial charge in [0, 0.05) is 25.2 Å². The number of anilines is 1. The normalized spacial score (nSPS) is 20.7. The summed E-state index contributed by atoms with van der Waals surface area (Å²) in [6.45, 7) is 3.66. The summed E-state index contributed by atoms with van der Waals surface area (Å²) in [5.74, 6) is 1.12. The van der Waals surface area contributed by atoms with Crippen molar-refractivity contribution in [3.8, 4) is 6.07 Å². The molecule has 2 N–H and O–H groups in total. The first-order valence-electron chi connectivity index (χ1n) is 10.4. The van der Waals surface area contributed by atoms with Crippen molar-refractivity contribution in [2.24, 2.45) is 11.3 Å². The van der Waals surface area contributed by atoms with E-state index in [9.17, 15) is 4.79 Å². The monoisotopic (exact) mass is 400 g/mol. The Kier molecular flexibility index (Phi) is 4.43. The summed E-state index contributed by atoms with van der Waals surface area (Å²) in [7, 11) is 0. The van der Waals surface area contributed by atoms with Gasteiger partial charge in [-0.15, -0.1) is 0 Å². The number of aromatic nitrogens is 3. The minimum atomic E-state index is -0.0829. The molecule has 1 aliphatic carbocycles. The van der Waals surface area contributed by atoms with E-state index in [1.54, 1.807) is 18.5 Å². The van der Waals surface area contributed by atoms with Crippen LogP contribution in [-0.4, -0.2) is 33.9 Å². The molecule has 1 aromatic carbocycles. The van der Waals surface area contributed by atoms with Crippen LogP contribution in [0.4, 0.5) is 5.82 Å². The van der Waals surface area contributed by atoms with Crippen molar-refractivity contribution < 1.29 is 4.79 Å². The van der Waals surface area contributed by atoms with Gasteiger partial charge >= 0.3 is 0 Å². The number of nitrogens with one attached hydrogen (secondary N) is 2. The van der Waals surface area contributed by atoms with Gasteiger partial charge in [-0.3, -0.25) is 4.79 Å². The van der Waals surface area contributed by atoms with Crippen molar-refractivity contribution in [3.05, 3.63) is 54.0 Å². The zero-order chi connectivity index (χ0) is 20.7. The Morgan fingerprint density at radius 2 is 2.10 bits per heavy atom.